The van der Waals surface area contributed by atoms with Gasteiger partial charge in [-0.15, -0.1) is 0 Å². The number of rotatable bonds is 5. The molecule has 0 saturated heterocycles. The third-order valence-electron chi connectivity index (χ3n) is 2.34. The van der Waals surface area contributed by atoms with Gasteiger partial charge in [0.25, 0.3) is 0 Å². The molecule has 1 heterocycles. The van der Waals surface area contributed by atoms with Crippen LogP contribution in [0.25, 0.3) is 0 Å². The van der Waals surface area contributed by atoms with Gasteiger partial charge in [0.15, 0.2) is 0 Å². The van der Waals surface area contributed by atoms with Gasteiger partial charge in [-0.1, -0.05) is 0 Å². The van der Waals surface area contributed by atoms with Crippen molar-refractivity contribution < 1.29 is 9.72 Å². The minimum absolute atomic E-state index is 0.0645. The largest absolute Gasteiger partial charge is 0.378 e. The SMILES string of the molecule is CCN(C)C(=O)CNc1ncnc(N)c1[N+](=O)[O-]. The first-order valence-electron chi connectivity index (χ1n) is 5.20. The summed E-state index contributed by atoms with van der Waals surface area (Å²) in [7, 11) is 1.63. The molecule has 1 rings (SSSR count). The molecule has 1 aromatic rings. The lowest BCUT2D eigenvalue weighted by molar-refractivity contribution is -0.383. The van der Waals surface area contributed by atoms with Gasteiger partial charge < -0.3 is 16.0 Å². The van der Waals surface area contributed by atoms with E-state index >= 15 is 0 Å². The number of hydrogen-bond acceptors (Lipinski definition) is 7. The number of nitro groups is 1. The smallest absolute Gasteiger partial charge is 0.352 e. The molecule has 0 saturated carbocycles. The Bertz CT molecular complexity index is 464. The lowest BCUT2D eigenvalue weighted by atomic mass is 10.4. The first-order chi connectivity index (χ1) is 8.47. The van der Waals surface area contributed by atoms with Crippen molar-refractivity contribution in [1.29, 1.82) is 0 Å². The Morgan fingerprint density at radius 2 is 2.28 bits per heavy atom. The molecule has 0 fully saturated rings. The van der Waals surface area contributed by atoms with Crippen molar-refractivity contribution in [2.24, 2.45) is 0 Å². The number of nitrogen functional groups attached to an aromatic ring is 1. The number of carbonyl (C=O) groups is 1. The maximum atomic E-state index is 11.5. The minimum atomic E-state index is -0.689. The summed E-state index contributed by atoms with van der Waals surface area (Å²) < 4.78 is 0. The molecule has 0 aliphatic heterocycles. The molecule has 0 atom stereocenters. The Balaban J connectivity index is 2.83. The van der Waals surface area contributed by atoms with Gasteiger partial charge in [0, 0.05) is 13.6 Å². The standard InChI is InChI=1S/C9H14N6O3/c1-3-14(2)6(16)4-11-9-7(15(17)18)8(10)12-5-13-9/h5H,3-4H2,1-2H3,(H3,10,11,12,13). The highest BCUT2D eigenvalue weighted by atomic mass is 16.6. The first kappa shape index (κ1) is 13.6. The summed E-state index contributed by atoms with van der Waals surface area (Å²) in [6.45, 7) is 2.28. The second-order valence-electron chi connectivity index (χ2n) is 3.47. The predicted octanol–water partition coefficient (Wildman–Crippen LogP) is -0.143. The van der Waals surface area contributed by atoms with E-state index in [9.17, 15) is 14.9 Å². The third kappa shape index (κ3) is 3.03. The maximum absolute atomic E-state index is 11.5. The fourth-order valence-corrected chi connectivity index (χ4v) is 1.17. The summed E-state index contributed by atoms with van der Waals surface area (Å²) in [6, 6.07) is 0. The topological polar surface area (TPSA) is 127 Å². The summed E-state index contributed by atoms with van der Waals surface area (Å²) in [5.74, 6) is -0.511. The van der Waals surface area contributed by atoms with Gasteiger partial charge in [-0.25, -0.2) is 9.97 Å². The quantitative estimate of drug-likeness (QED) is 0.552. The molecule has 1 amide bonds. The molecule has 0 radical (unpaired) electrons. The van der Waals surface area contributed by atoms with E-state index in [0.29, 0.717) is 6.54 Å². The van der Waals surface area contributed by atoms with E-state index in [2.05, 4.69) is 15.3 Å². The molecule has 0 spiro atoms. The lowest BCUT2D eigenvalue weighted by Gasteiger charge is -2.14. The van der Waals surface area contributed by atoms with Gasteiger partial charge in [0.1, 0.15) is 6.33 Å². The summed E-state index contributed by atoms with van der Waals surface area (Å²) in [5.41, 5.74) is 4.96. The van der Waals surface area contributed by atoms with Crippen LogP contribution in [0.4, 0.5) is 17.3 Å². The van der Waals surface area contributed by atoms with Crippen LogP contribution >= 0.6 is 0 Å². The molecule has 3 N–H and O–H groups in total. The number of nitrogens with one attached hydrogen (secondary N) is 1. The zero-order valence-corrected chi connectivity index (χ0v) is 10.1. The Kier molecular flexibility index (Phi) is 4.35. The van der Waals surface area contributed by atoms with Gasteiger partial charge in [-0.2, -0.15) is 0 Å². The van der Waals surface area contributed by atoms with E-state index in [-0.39, 0.29) is 24.1 Å². The van der Waals surface area contributed by atoms with Crippen LogP contribution in [0.15, 0.2) is 6.33 Å². The fourth-order valence-electron chi connectivity index (χ4n) is 1.17. The van der Waals surface area contributed by atoms with E-state index in [4.69, 9.17) is 5.73 Å². The molecule has 0 aliphatic carbocycles. The number of anilines is 2. The Labute approximate surface area is 103 Å². The average Bonchev–Trinajstić information content (AvgIpc) is 2.34. The zero-order valence-electron chi connectivity index (χ0n) is 10.1. The van der Waals surface area contributed by atoms with Crippen LogP contribution in [0, 0.1) is 10.1 Å². The summed E-state index contributed by atoms with van der Waals surface area (Å²) in [5, 5.41) is 13.4. The van der Waals surface area contributed by atoms with E-state index < -0.39 is 10.6 Å². The van der Waals surface area contributed by atoms with Crippen molar-refractivity contribution in [2.45, 2.75) is 6.92 Å². The van der Waals surface area contributed by atoms with Crippen LogP contribution in [-0.4, -0.2) is 45.8 Å². The van der Waals surface area contributed by atoms with Gasteiger partial charge in [0.2, 0.25) is 17.5 Å². The van der Waals surface area contributed by atoms with E-state index in [1.807, 2.05) is 6.92 Å². The molecule has 98 valence electrons. The van der Waals surface area contributed by atoms with Crippen molar-refractivity contribution in [3.8, 4) is 0 Å². The highest BCUT2D eigenvalue weighted by Crippen LogP contribution is 2.25. The monoisotopic (exact) mass is 254 g/mol. The summed E-state index contributed by atoms with van der Waals surface area (Å²) in [4.78, 5) is 30.3. The molecule has 1 aromatic heterocycles. The highest BCUT2D eigenvalue weighted by Gasteiger charge is 2.21. The molecule has 0 aliphatic rings. The van der Waals surface area contributed by atoms with E-state index in [0.717, 1.165) is 6.33 Å². The number of nitrogens with zero attached hydrogens (tertiary/aromatic N) is 4. The van der Waals surface area contributed by atoms with E-state index in [1.54, 1.807) is 7.05 Å². The minimum Gasteiger partial charge on any atom is -0.378 e. The molecule has 18 heavy (non-hydrogen) atoms. The Morgan fingerprint density at radius 3 is 2.83 bits per heavy atom. The number of carbonyl (C=O) groups excluding carboxylic acids is 1. The first-order valence-corrected chi connectivity index (χ1v) is 5.20. The van der Waals surface area contributed by atoms with Crippen molar-refractivity contribution >= 4 is 23.2 Å². The highest BCUT2D eigenvalue weighted by molar-refractivity contribution is 5.81. The van der Waals surface area contributed by atoms with Crippen LogP contribution in [0.2, 0.25) is 0 Å². The Hall–Kier alpha value is -2.45. The zero-order chi connectivity index (χ0) is 13.7. The van der Waals surface area contributed by atoms with Crippen LogP contribution < -0.4 is 11.1 Å². The van der Waals surface area contributed by atoms with Crippen molar-refractivity contribution in [2.75, 3.05) is 31.2 Å². The number of likely N-dealkylation sites (N-methyl/N-ethyl adjacent to an activating group) is 1. The van der Waals surface area contributed by atoms with Crippen LogP contribution in [0.1, 0.15) is 6.92 Å². The molecular formula is C9H14N6O3. The van der Waals surface area contributed by atoms with E-state index in [1.165, 1.54) is 4.90 Å². The van der Waals surface area contributed by atoms with Crippen molar-refractivity contribution in [1.82, 2.24) is 14.9 Å². The van der Waals surface area contributed by atoms with Crippen LogP contribution in [0.5, 0.6) is 0 Å². The lowest BCUT2D eigenvalue weighted by Crippen LogP contribution is -2.32. The molecule has 0 unspecified atom stereocenters. The molecule has 9 nitrogen and oxygen atoms in total. The number of amides is 1. The van der Waals surface area contributed by atoms with Crippen LogP contribution in [0.3, 0.4) is 0 Å². The summed E-state index contributed by atoms with van der Waals surface area (Å²) >= 11 is 0. The molecule has 9 heteroatoms. The van der Waals surface area contributed by atoms with Crippen LogP contribution in [-0.2, 0) is 4.79 Å². The average molecular weight is 254 g/mol. The van der Waals surface area contributed by atoms with Crippen molar-refractivity contribution in [3.63, 3.8) is 0 Å². The maximum Gasteiger partial charge on any atom is 0.352 e. The summed E-state index contributed by atoms with van der Waals surface area (Å²) in [6.07, 6.45) is 1.10. The Morgan fingerprint density at radius 1 is 1.61 bits per heavy atom. The normalized spacial score (nSPS) is 9.89. The molecular weight excluding hydrogens is 240 g/mol. The van der Waals surface area contributed by atoms with Gasteiger partial charge in [-0.05, 0) is 6.92 Å². The molecule has 0 bridgehead atoms. The number of aromatic nitrogens is 2. The fraction of sp³-hybridized carbons (Fsp3) is 0.444. The van der Waals surface area contributed by atoms with Gasteiger partial charge in [0.05, 0.1) is 11.5 Å². The van der Waals surface area contributed by atoms with Gasteiger partial charge >= 0.3 is 5.69 Å². The second-order valence-corrected chi connectivity index (χ2v) is 3.47. The third-order valence-corrected chi connectivity index (χ3v) is 2.34. The predicted molar refractivity (Wildman–Crippen MR) is 64.9 cm³/mol. The number of nitrogens with two attached hydrogens (primary N) is 1. The second kappa shape index (κ2) is 5.75. The molecule has 0 aromatic carbocycles. The van der Waals surface area contributed by atoms with Gasteiger partial charge in [-0.3, -0.25) is 14.9 Å². The number of hydrogen-bond donors (Lipinski definition) is 2. The van der Waals surface area contributed by atoms with Crippen molar-refractivity contribution in [3.05, 3.63) is 16.4 Å².